The highest BCUT2D eigenvalue weighted by Gasteiger charge is 2.59. The normalized spacial score (nSPS) is 14.0. The van der Waals surface area contributed by atoms with Gasteiger partial charge in [-0.15, -0.1) is 0 Å². The van der Waals surface area contributed by atoms with Gasteiger partial charge in [0, 0.05) is 19.7 Å². The molecule has 0 fully saturated rings. The van der Waals surface area contributed by atoms with Crippen molar-refractivity contribution in [3.05, 3.63) is 18.2 Å². The Morgan fingerprint density at radius 3 is 2.06 bits per heavy atom. The second-order valence-electron chi connectivity index (χ2n) is 3.57. The van der Waals surface area contributed by atoms with Gasteiger partial charge in [-0.05, 0) is 0 Å². The summed E-state index contributed by atoms with van der Waals surface area (Å²) in [5.74, 6) is 0. The van der Waals surface area contributed by atoms with Crippen molar-refractivity contribution >= 4 is 15.2 Å². The summed E-state index contributed by atoms with van der Waals surface area (Å²) in [6.07, 6.45) is 1.62. The van der Waals surface area contributed by atoms with Crippen LogP contribution in [-0.4, -0.2) is 39.3 Å². The largest absolute Gasteiger partial charge is 0.369 e. The summed E-state index contributed by atoms with van der Waals surface area (Å²) in [6, 6.07) is 0. The predicted octanol–water partition coefficient (Wildman–Crippen LogP) is -1.04. The maximum Gasteiger partial charge on any atom is 0.369 e. The van der Waals surface area contributed by atoms with Crippen LogP contribution in [-0.2, 0) is 22.6 Å². The number of aliphatic hydroxyl groups is 1. The molecule has 0 aliphatic heterocycles. The first-order valence-electron chi connectivity index (χ1n) is 4.28. The number of nitrogens with zero attached hydrogens (tertiary/aromatic N) is 2. The molecule has 0 saturated heterocycles. The molecule has 0 radical (unpaired) electrons. The van der Waals surface area contributed by atoms with Gasteiger partial charge in [-0.3, -0.25) is 9.13 Å². The monoisotopic (exact) mass is 286 g/mol. The third kappa shape index (κ3) is 2.83. The van der Waals surface area contributed by atoms with Crippen LogP contribution in [0.25, 0.3) is 0 Å². The third-order valence-electron chi connectivity index (χ3n) is 2.11. The number of hydrogen-bond donors (Lipinski definition) is 5. The highest BCUT2D eigenvalue weighted by Crippen LogP contribution is 2.68. The van der Waals surface area contributed by atoms with Gasteiger partial charge in [-0.1, -0.05) is 0 Å². The van der Waals surface area contributed by atoms with Gasteiger partial charge in [-0.25, -0.2) is 4.98 Å². The second-order valence-corrected chi connectivity index (χ2v) is 7.58. The molecule has 11 heteroatoms. The zero-order valence-electron chi connectivity index (χ0n) is 8.70. The number of imidazole rings is 1. The van der Waals surface area contributed by atoms with E-state index in [2.05, 4.69) is 4.98 Å². The molecule has 1 aromatic rings. The van der Waals surface area contributed by atoms with Crippen LogP contribution in [0.15, 0.2) is 12.5 Å². The zero-order valence-corrected chi connectivity index (χ0v) is 10.5. The van der Waals surface area contributed by atoms with Gasteiger partial charge in [0.25, 0.3) is 5.08 Å². The van der Waals surface area contributed by atoms with Crippen LogP contribution in [0.3, 0.4) is 0 Å². The van der Waals surface area contributed by atoms with Crippen LogP contribution >= 0.6 is 15.2 Å². The molecule has 0 bridgehead atoms. The van der Waals surface area contributed by atoms with Gasteiger partial charge in [-0.2, -0.15) is 0 Å². The highest BCUT2D eigenvalue weighted by molar-refractivity contribution is 7.72. The fourth-order valence-electron chi connectivity index (χ4n) is 1.18. The van der Waals surface area contributed by atoms with Crippen molar-refractivity contribution in [1.82, 2.24) is 9.55 Å². The van der Waals surface area contributed by atoms with Crippen molar-refractivity contribution < 1.29 is 33.8 Å². The Labute approximate surface area is 96.1 Å². The van der Waals surface area contributed by atoms with Gasteiger partial charge in [0.1, 0.15) is 0 Å². The first-order valence-corrected chi connectivity index (χ1v) is 7.50. The van der Waals surface area contributed by atoms with Crippen LogP contribution in [0.5, 0.6) is 0 Å². The molecule has 1 aromatic heterocycles. The van der Waals surface area contributed by atoms with Crippen molar-refractivity contribution in [2.75, 3.05) is 0 Å². The van der Waals surface area contributed by atoms with Crippen molar-refractivity contribution in [3.8, 4) is 0 Å². The summed E-state index contributed by atoms with van der Waals surface area (Å²) in [5.41, 5.74) is -0.0401. The van der Waals surface area contributed by atoms with Gasteiger partial charge in [0.2, 0.25) is 0 Å². The summed E-state index contributed by atoms with van der Waals surface area (Å²) in [4.78, 5) is 39.1. The minimum atomic E-state index is -5.42. The van der Waals surface area contributed by atoms with E-state index in [0.717, 1.165) is 0 Å². The second kappa shape index (κ2) is 4.29. The standard InChI is InChI=1S/C6H12N2O7P2/c1-8-3-5(7-4-8)2-6(9,16(10,11)12)17(13,14)15/h3-4,9H,2H2,1H3,(H2,10,11,12)(H2,13,14,15). The smallest absolute Gasteiger partial charge is 0.367 e. The Bertz CT molecular complexity index is 478. The Balaban J connectivity index is 3.19. The molecule has 9 nitrogen and oxygen atoms in total. The number of hydrogen-bond acceptors (Lipinski definition) is 4. The topological polar surface area (TPSA) is 153 Å². The molecule has 98 valence electrons. The van der Waals surface area contributed by atoms with Crippen LogP contribution in [0.2, 0.25) is 0 Å². The van der Waals surface area contributed by atoms with E-state index in [1.807, 2.05) is 0 Å². The number of aryl methyl sites for hydroxylation is 1. The summed E-state index contributed by atoms with van der Waals surface area (Å²) >= 11 is 0. The third-order valence-corrected chi connectivity index (χ3v) is 5.86. The van der Waals surface area contributed by atoms with E-state index in [1.165, 1.54) is 17.1 Å². The van der Waals surface area contributed by atoms with Gasteiger partial charge < -0.3 is 29.2 Å². The molecule has 1 heterocycles. The van der Waals surface area contributed by atoms with Crippen molar-refractivity contribution in [2.24, 2.45) is 7.05 Å². The fourth-order valence-corrected chi connectivity index (χ4v) is 3.27. The molecule has 5 N–H and O–H groups in total. The lowest BCUT2D eigenvalue weighted by Gasteiger charge is -2.28. The fraction of sp³-hybridized carbons (Fsp3) is 0.500. The van der Waals surface area contributed by atoms with E-state index in [-0.39, 0.29) is 5.69 Å². The lowest BCUT2D eigenvalue weighted by atomic mass is 10.3. The average molecular weight is 286 g/mol. The molecular weight excluding hydrogens is 274 g/mol. The average Bonchev–Trinajstić information content (AvgIpc) is 2.47. The lowest BCUT2D eigenvalue weighted by molar-refractivity contribution is 0.130. The van der Waals surface area contributed by atoms with E-state index in [1.54, 1.807) is 7.05 Å². The van der Waals surface area contributed by atoms with E-state index < -0.39 is 26.7 Å². The molecule has 0 aliphatic carbocycles. The van der Waals surface area contributed by atoms with Crippen LogP contribution in [0, 0.1) is 0 Å². The summed E-state index contributed by atoms with van der Waals surface area (Å²) < 4.78 is 23.5. The Morgan fingerprint density at radius 2 is 1.76 bits per heavy atom. The predicted molar refractivity (Wildman–Crippen MR) is 56.0 cm³/mol. The first kappa shape index (κ1) is 14.5. The van der Waals surface area contributed by atoms with Gasteiger partial charge in [0.15, 0.2) is 0 Å². The molecule has 0 aliphatic rings. The lowest BCUT2D eigenvalue weighted by Crippen LogP contribution is -2.31. The summed E-state index contributed by atoms with van der Waals surface area (Å²) in [5, 5.41) is 6.12. The quantitative estimate of drug-likeness (QED) is 0.440. The molecule has 0 aromatic carbocycles. The minimum Gasteiger partial charge on any atom is -0.367 e. The summed E-state index contributed by atoms with van der Waals surface area (Å²) in [7, 11) is -9.28. The van der Waals surface area contributed by atoms with E-state index in [4.69, 9.17) is 19.6 Å². The molecule has 0 spiro atoms. The van der Waals surface area contributed by atoms with Crippen molar-refractivity contribution in [1.29, 1.82) is 0 Å². The molecule has 0 amide bonds. The van der Waals surface area contributed by atoms with E-state index in [9.17, 15) is 14.2 Å². The Morgan fingerprint density at radius 1 is 1.29 bits per heavy atom. The first-order chi connectivity index (χ1) is 7.47. The maximum atomic E-state index is 11.0. The molecule has 1 rings (SSSR count). The summed E-state index contributed by atoms with van der Waals surface area (Å²) in [6.45, 7) is 0. The van der Waals surface area contributed by atoms with Crippen LogP contribution < -0.4 is 0 Å². The molecular formula is C6H12N2O7P2. The Hall–Kier alpha value is -0.530. The van der Waals surface area contributed by atoms with Crippen molar-refractivity contribution in [2.45, 2.75) is 11.5 Å². The minimum absolute atomic E-state index is 0.0401. The molecule has 0 atom stereocenters. The SMILES string of the molecule is Cn1cnc(CC(O)(P(=O)(O)O)P(=O)(O)O)c1. The van der Waals surface area contributed by atoms with Crippen LogP contribution in [0.4, 0.5) is 0 Å². The highest BCUT2D eigenvalue weighted by atomic mass is 31.2. The van der Waals surface area contributed by atoms with Crippen LogP contribution in [0.1, 0.15) is 5.69 Å². The van der Waals surface area contributed by atoms with Gasteiger partial charge >= 0.3 is 15.2 Å². The molecule has 17 heavy (non-hydrogen) atoms. The number of rotatable bonds is 4. The maximum absolute atomic E-state index is 11.0. The van der Waals surface area contributed by atoms with E-state index >= 15 is 0 Å². The van der Waals surface area contributed by atoms with Crippen molar-refractivity contribution in [3.63, 3.8) is 0 Å². The Kier molecular flexibility index (Phi) is 3.67. The molecule has 0 saturated carbocycles. The number of aromatic nitrogens is 2. The molecule has 0 unspecified atom stereocenters. The zero-order chi connectivity index (χ0) is 13.5. The van der Waals surface area contributed by atoms with E-state index in [0.29, 0.717) is 0 Å². The van der Waals surface area contributed by atoms with Gasteiger partial charge in [0.05, 0.1) is 12.0 Å².